The molecule has 6 rings (SSSR count). The van der Waals surface area contributed by atoms with Gasteiger partial charge < -0.3 is 19.5 Å². The largest absolute Gasteiger partial charge is 0.444 e. The highest BCUT2D eigenvalue weighted by Gasteiger charge is 2.38. The van der Waals surface area contributed by atoms with Crippen LogP contribution in [0.25, 0.3) is 11.3 Å². The van der Waals surface area contributed by atoms with Crippen LogP contribution in [0.15, 0.2) is 53.4 Å². The van der Waals surface area contributed by atoms with Crippen molar-refractivity contribution in [3.8, 4) is 11.3 Å². The van der Waals surface area contributed by atoms with Crippen LogP contribution in [-0.4, -0.2) is 48.2 Å². The summed E-state index contributed by atoms with van der Waals surface area (Å²) in [6.07, 6.45) is 7.57. The van der Waals surface area contributed by atoms with Crippen molar-refractivity contribution in [1.82, 2.24) is 9.97 Å². The van der Waals surface area contributed by atoms with Crippen LogP contribution in [0.5, 0.6) is 0 Å². The number of rotatable bonds is 3. The van der Waals surface area contributed by atoms with Crippen molar-refractivity contribution in [1.29, 1.82) is 0 Å². The molecule has 2 aromatic heterocycles. The molecule has 0 spiro atoms. The van der Waals surface area contributed by atoms with Gasteiger partial charge in [0, 0.05) is 37.4 Å². The van der Waals surface area contributed by atoms with Crippen LogP contribution < -0.4 is 20.0 Å². The van der Waals surface area contributed by atoms with Gasteiger partial charge in [-0.25, -0.2) is 14.8 Å². The molecule has 2 fully saturated rings. The van der Waals surface area contributed by atoms with Crippen LogP contribution in [0.2, 0.25) is 0 Å². The first-order valence-electron chi connectivity index (χ1n) is 12.3. The number of oxazole rings is 1. The zero-order chi connectivity index (χ0) is 23.1. The second-order valence-electron chi connectivity index (χ2n) is 9.69. The lowest BCUT2D eigenvalue weighted by molar-refractivity contribution is 0.252. The summed E-state index contributed by atoms with van der Waals surface area (Å²) in [5, 5.41) is 3.12. The topological polar surface area (TPSA) is 77.7 Å². The summed E-state index contributed by atoms with van der Waals surface area (Å²) in [5.41, 5.74) is 2.65. The van der Waals surface area contributed by atoms with E-state index in [0.29, 0.717) is 11.7 Å². The first kappa shape index (κ1) is 21.0. The minimum absolute atomic E-state index is 0.113. The first-order valence-corrected chi connectivity index (χ1v) is 12.3. The van der Waals surface area contributed by atoms with Gasteiger partial charge in [0.1, 0.15) is 5.82 Å². The third-order valence-electron chi connectivity index (χ3n) is 7.20. The summed E-state index contributed by atoms with van der Waals surface area (Å²) in [6.45, 7) is 6.19. The Morgan fingerprint density at radius 3 is 2.82 bits per heavy atom. The third kappa shape index (κ3) is 3.87. The molecule has 2 saturated heterocycles. The maximum absolute atomic E-state index is 13.7. The molecule has 8 nitrogen and oxygen atoms in total. The number of carbonyl (C=O) groups excluding carboxylic acids is 1. The second kappa shape index (κ2) is 8.66. The summed E-state index contributed by atoms with van der Waals surface area (Å²) in [4.78, 5) is 29.4. The van der Waals surface area contributed by atoms with Gasteiger partial charge >= 0.3 is 6.03 Å². The molecule has 176 valence electrons. The number of carbonyl (C=O) groups is 1. The van der Waals surface area contributed by atoms with E-state index in [9.17, 15) is 4.79 Å². The molecular formula is C26H30N6O2. The zero-order valence-electron chi connectivity index (χ0n) is 19.5. The van der Waals surface area contributed by atoms with E-state index in [0.717, 1.165) is 67.6 Å². The fourth-order valence-corrected chi connectivity index (χ4v) is 5.54. The smallest absolute Gasteiger partial charge is 0.327 e. The minimum Gasteiger partial charge on any atom is -0.444 e. The van der Waals surface area contributed by atoms with E-state index in [-0.39, 0.29) is 12.1 Å². The van der Waals surface area contributed by atoms with Gasteiger partial charge in [-0.3, -0.25) is 4.90 Å². The van der Waals surface area contributed by atoms with Crippen LogP contribution in [0.4, 0.5) is 27.8 Å². The molecule has 8 heteroatoms. The molecule has 0 radical (unpaired) electrons. The average molecular weight is 459 g/mol. The fourth-order valence-electron chi connectivity index (χ4n) is 5.54. The third-order valence-corrected chi connectivity index (χ3v) is 7.20. The molecule has 0 aliphatic carbocycles. The molecule has 3 aliphatic heterocycles. The quantitative estimate of drug-likeness (QED) is 0.596. The molecule has 2 atom stereocenters. The predicted octanol–water partition coefficient (Wildman–Crippen LogP) is 4.99. The van der Waals surface area contributed by atoms with Crippen molar-refractivity contribution in [2.45, 2.75) is 38.6 Å². The molecule has 0 saturated carbocycles. The molecule has 34 heavy (non-hydrogen) atoms. The Morgan fingerprint density at radius 1 is 1.09 bits per heavy atom. The van der Waals surface area contributed by atoms with Gasteiger partial charge in [-0.15, -0.1) is 0 Å². The van der Waals surface area contributed by atoms with Gasteiger partial charge in [-0.2, -0.15) is 0 Å². The van der Waals surface area contributed by atoms with Gasteiger partial charge in [-0.05, 0) is 55.9 Å². The Bertz CT molecular complexity index is 1180. The van der Waals surface area contributed by atoms with Crippen molar-refractivity contribution in [3.05, 3.63) is 49.0 Å². The summed E-state index contributed by atoms with van der Waals surface area (Å²) in [6, 6.07) is 11.9. The molecule has 5 heterocycles. The highest BCUT2D eigenvalue weighted by atomic mass is 16.3. The summed E-state index contributed by atoms with van der Waals surface area (Å²) in [5.74, 6) is 3.07. The lowest BCUT2D eigenvalue weighted by Crippen LogP contribution is -2.56. The molecule has 3 aromatic rings. The van der Waals surface area contributed by atoms with E-state index in [1.807, 2.05) is 29.2 Å². The maximum Gasteiger partial charge on any atom is 0.327 e. The van der Waals surface area contributed by atoms with Crippen molar-refractivity contribution in [2.75, 3.05) is 46.2 Å². The SMILES string of the molecule is CC1CCCN(c2ccc3c(n2)N(C(=O)Nc2cccc(-c4cnco4)c2)[C@@H]2CCCN3C2)C1. The Morgan fingerprint density at radius 2 is 1.97 bits per heavy atom. The lowest BCUT2D eigenvalue weighted by atomic mass is 9.99. The Labute approximate surface area is 199 Å². The molecule has 2 amide bonds. The number of amides is 2. The van der Waals surface area contributed by atoms with Crippen molar-refractivity contribution in [2.24, 2.45) is 5.92 Å². The van der Waals surface area contributed by atoms with E-state index in [1.165, 1.54) is 19.2 Å². The lowest BCUT2D eigenvalue weighted by Gasteiger charge is -2.46. The normalized spacial score (nSPS) is 21.9. The number of anilines is 4. The van der Waals surface area contributed by atoms with E-state index in [4.69, 9.17) is 9.40 Å². The van der Waals surface area contributed by atoms with Gasteiger partial charge in [0.2, 0.25) is 0 Å². The Balaban J connectivity index is 1.31. The van der Waals surface area contributed by atoms with E-state index in [2.05, 4.69) is 39.2 Å². The van der Waals surface area contributed by atoms with E-state index in [1.54, 1.807) is 6.20 Å². The molecule has 3 aliphatic rings. The van der Waals surface area contributed by atoms with Crippen molar-refractivity contribution in [3.63, 3.8) is 0 Å². The number of hydrogen-bond acceptors (Lipinski definition) is 6. The molecule has 1 aromatic carbocycles. The number of aromatic nitrogens is 2. The van der Waals surface area contributed by atoms with Crippen LogP contribution in [0.3, 0.4) is 0 Å². The number of hydrogen-bond donors (Lipinski definition) is 1. The van der Waals surface area contributed by atoms with Crippen molar-refractivity contribution < 1.29 is 9.21 Å². The number of fused-ring (bicyclic) bond motifs is 4. The highest BCUT2D eigenvalue weighted by Crippen LogP contribution is 2.40. The number of pyridine rings is 1. The van der Waals surface area contributed by atoms with Gasteiger partial charge in [-0.1, -0.05) is 19.1 Å². The second-order valence-corrected chi connectivity index (χ2v) is 9.69. The van der Waals surface area contributed by atoms with Gasteiger partial charge in [0.25, 0.3) is 0 Å². The van der Waals surface area contributed by atoms with Gasteiger partial charge in [0.15, 0.2) is 18.0 Å². The van der Waals surface area contributed by atoms with E-state index >= 15 is 0 Å². The summed E-state index contributed by atoms with van der Waals surface area (Å²) >= 11 is 0. The highest BCUT2D eigenvalue weighted by molar-refractivity contribution is 6.04. The van der Waals surface area contributed by atoms with Crippen LogP contribution in [0.1, 0.15) is 32.6 Å². The monoisotopic (exact) mass is 458 g/mol. The molecule has 1 N–H and O–H groups in total. The predicted molar refractivity (Wildman–Crippen MR) is 134 cm³/mol. The number of urea groups is 1. The number of nitrogens with zero attached hydrogens (tertiary/aromatic N) is 5. The number of nitrogens with one attached hydrogen (secondary N) is 1. The standard InChI is InChI=1S/C26H30N6O2/c1-18-5-3-12-31(15-18)24-10-9-22-25(29-24)32(21-8-4-11-30(22)16-21)26(33)28-20-7-2-6-19(13-20)23-14-27-17-34-23/h2,6-7,9-10,13-14,17-18,21H,3-5,8,11-12,15-16H2,1H3,(H,28,33)/t18?,21-/m1/s1. The Kier molecular flexibility index (Phi) is 5.36. The van der Waals surface area contributed by atoms with Crippen LogP contribution in [-0.2, 0) is 0 Å². The molecule has 1 unspecified atom stereocenters. The zero-order valence-corrected chi connectivity index (χ0v) is 19.5. The van der Waals surface area contributed by atoms with Crippen LogP contribution in [0, 0.1) is 5.92 Å². The van der Waals surface area contributed by atoms with Gasteiger partial charge in [0.05, 0.1) is 17.9 Å². The molecular weight excluding hydrogens is 428 g/mol. The molecule has 2 bridgehead atoms. The first-order chi connectivity index (χ1) is 16.7. The number of piperidine rings is 2. The minimum atomic E-state index is -0.140. The maximum atomic E-state index is 13.7. The summed E-state index contributed by atoms with van der Waals surface area (Å²) in [7, 11) is 0. The number of benzene rings is 1. The summed E-state index contributed by atoms with van der Waals surface area (Å²) < 4.78 is 5.42. The van der Waals surface area contributed by atoms with Crippen LogP contribution >= 0.6 is 0 Å². The Hall–Kier alpha value is -3.55. The van der Waals surface area contributed by atoms with Crippen molar-refractivity contribution >= 4 is 29.0 Å². The fraction of sp³-hybridized carbons (Fsp3) is 0.423. The van der Waals surface area contributed by atoms with E-state index < -0.39 is 0 Å². The average Bonchev–Trinajstić information content (AvgIpc) is 3.39.